The van der Waals surface area contributed by atoms with Gasteiger partial charge in [-0.05, 0) is 49.3 Å². The Balaban J connectivity index is 1.97. The molecule has 0 radical (unpaired) electrons. The maximum atomic E-state index is 12.1. The maximum absolute atomic E-state index is 12.1. The monoisotopic (exact) mass is 291 g/mol. The van der Waals surface area contributed by atoms with Crippen LogP contribution in [-0.2, 0) is 4.79 Å². The molecule has 1 fully saturated rings. The second-order valence-corrected chi connectivity index (χ2v) is 5.12. The first-order valence-electron chi connectivity index (χ1n) is 6.54. The van der Waals surface area contributed by atoms with E-state index in [1.807, 2.05) is 4.90 Å². The number of thiocarbonyl (C=S) groups is 1. The zero-order valence-corrected chi connectivity index (χ0v) is 12.1. The standard InChI is InChI=1S/C14H17N3O2S/c1-10(18)15-14(20)16-12-6-4-11(5-7-12)13(19)17-8-2-3-9-17/h4-7H,2-3,8-9H2,1H3,(H2,15,16,18,20). The molecule has 0 aromatic heterocycles. The molecule has 0 unspecified atom stereocenters. The van der Waals surface area contributed by atoms with Gasteiger partial charge in [0.2, 0.25) is 5.91 Å². The van der Waals surface area contributed by atoms with E-state index < -0.39 is 0 Å². The minimum absolute atomic E-state index is 0.0680. The van der Waals surface area contributed by atoms with Crippen LogP contribution >= 0.6 is 12.2 Å². The number of hydrogen-bond donors (Lipinski definition) is 2. The van der Waals surface area contributed by atoms with Crippen LogP contribution in [0, 0.1) is 0 Å². The van der Waals surface area contributed by atoms with Crippen molar-refractivity contribution >= 4 is 34.8 Å². The summed E-state index contributed by atoms with van der Waals surface area (Å²) in [4.78, 5) is 24.9. The molecule has 2 rings (SSSR count). The van der Waals surface area contributed by atoms with Crippen molar-refractivity contribution in [3.05, 3.63) is 29.8 Å². The lowest BCUT2D eigenvalue weighted by molar-refractivity contribution is -0.117. The van der Waals surface area contributed by atoms with Crippen LogP contribution in [0.2, 0.25) is 0 Å². The van der Waals surface area contributed by atoms with E-state index in [0.717, 1.165) is 31.6 Å². The van der Waals surface area contributed by atoms with E-state index in [1.165, 1.54) is 6.92 Å². The minimum atomic E-state index is -0.219. The maximum Gasteiger partial charge on any atom is 0.253 e. The average Bonchev–Trinajstić information content (AvgIpc) is 2.91. The van der Waals surface area contributed by atoms with Crippen molar-refractivity contribution < 1.29 is 9.59 Å². The SMILES string of the molecule is CC(=O)NC(=S)Nc1ccc(C(=O)N2CCCC2)cc1. The molecule has 2 amide bonds. The Labute approximate surface area is 123 Å². The number of rotatable bonds is 2. The first-order chi connectivity index (χ1) is 9.56. The highest BCUT2D eigenvalue weighted by atomic mass is 32.1. The van der Waals surface area contributed by atoms with Gasteiger partial charge in [0.1, 0.15) is 0 Å². The molecule has 0 saturated carbocycles. The fraction of sp³-hybridized carbons (Fsp3) is 0.357. The topological polar surface area (TPSA) is 61.4 Å². The molecule has 2 N–H and O–H groups in total. The molecule has 0 bridgehead atoms. The summed E-state index contributed by atoms with van der Waals surface area (Å²) in [6.45, 7) is 3.07. The smallest absolute Gasteiger partial charge is 0.253 e. The predicted octanol–water partition coefficient (Wildman–Crippen LogP) is 1.76. The van der Waals surface area contributed by atoms with Crippen molar-refractivity contribution in [3.63, 3.8) is 0 Å². The Morgan fingerprint density at radius 1 is 1.15 bits per heavy atom. The van der Waals surface area contributed by atoms with Crippen LogP contribution in [0.1, 0.15) is 30.1 Å². The van der Waals surface area contributed by atoms with E-state index in [9.17, 15) is 9.59 Å². The number of hydrogen-bond acceptors (Lipinski definition) is 3. The largest absolute Gasteiger partial charge is 0.339 e. The Hall–Kier alpha value is -1.95. The lowest BCUT2D eigenvalue weighted by Gasteiger charge is -2.15. The van der Waals surface area contributed by atoms with Gasteiger partial charge >= 0.3 is 0 Å². The van der Waals surface area contributed by atoms with Crippen molar-refractivity contribution in [2.45, 2.75) is 19.8 Å². The molecule has 1 aromatic carbocycles. The van der Waals surface area contributed by atoms with Crippen molar-refractivity contribution in [1.29, 1.82) is 0 Å². The number of carbonyl (C=O) groups excluding carboxylic acids is 2. The highest BCUT2D eigenvalue weighted by Crippen LogP contribution is 2.15. The van der Waals surface area contributed by atoms with Gasteiger partial charge < -0.3 is 15.5 Å². The van der Waals surface area contributed by atoms with Gasteiger partial charge in [0.05, 0.1) is 0 Å². The molecule has 1 aromatic rings. The summed E-state index contributed by atoms with van der Waals surface area (Å²) < 4.78 is 0. The van der Waals surface area contributed by atoms with Crippen molar-refractivity contribution in [2.24, 2.45) is 0 Å². The molecule has 6 heteroatoms. The van der Waals surface area contributed by atoms with Gasteiger partial charge in [0, 0.05) is 31.3 Å². The molecule has 0 spiro atoms. The zero-order chi connectivity index (χ0) is 14.5. The summed E-state index contributed by atoms with van der Waals surface area (Å²) in [5.74, 6) is -0.151. The van der Waals surface area contributed by atoms with Crippen molar-refractivity contribution in [2.75, 3.05) is 18.4 Å². The molecule has 1 heterocycles. The number of benzene rings is 1. The number of nitrogens with one attached hydrogen (secondary N) is 2. The summed E-state index contributed by atoms with van der Waals surface area (Å²) >= 11 is 4.97. The van der Waals surface area contributed by atoms with Crippen LogP contribution in [0.25, 0.3) is 0 Å². The van der Waals surface area contributed by atoms with Gasteiger partial charge in [0.15, 0.2) is 5.11 Å². The Bertz CT molecular complexity index is 522. The molecule has 1 aliphatic rings. The number of nitrogens with zero attached hydrogens (tertiary/aromatic N) is 1. The molecule has 0 aliphatic carbocycles. The number of anilines is 1. The number of carbonyl (C=O) groups is 2. The van der Waals surface area contributed by atoms with Crippen LogP contribution < -0.4 is 10.6 Å². The Kier molecular flexibility index (Phi) is 4.68. The quantitative estimate of drug-likeness (QED) is 0.815. The number of likely N-dealkylation sites (tertiary alicyclic amines) is 1. The van der Waals surface area contributed by atoms with Gasteiger partial charge in [-0.1, -0.05) is 0 Å². The van der Waals surface area contributed by atoms with Gasteiger partial charge in [-0.25, -0.2) is 0 Å². The number of amides is 2. The summed E-state index contributed by atoms with van der Waals surface area (Å²) in [7, 11) is 0. The van der Waals surface area contributed by atoms with Crippen LogP contribution in [-0.4, -0.2) is 34.9 Å². The van der Waals surface area contributed by atoms with E-state index in [0.29, 0.717) is 5.56 Å². The predicted molar refractivity (Wildman–Crippen MR) is 81.6 cm³/mol. The lowest BCUT2D eigenvalue weighted by atomic mass is 10.2. The van der Waals surface area contributed by atoms with Gasteiger partial charge in [-0.3, -0.25) is 9.59 Å². The third kappa shape index (κ3) is 3.77. The zero-order valence-electron chi connectivity index (χ0n) is 11.3. The minimum Gasteiger partial charge on any atom is -0.339 e. The fourth-order valence-corrected chi connectivity index (χ4v) is 2.38. The Morgan fingerprint density at radius 2 is 1.75 bits per heavy atom. The Morgan fingerprint density at radius 3 is 2.30 bits per heavy atom. The first-order valence-corrected chi connectivity index (χ1v) is 6.95. The molecule has 20 heavy (non-hydrogen) atoms. The fourth-order valence-electron chi connectivity index (χ4n) is 2.12. The van der Waals surface area contributed by atoms with E-state index in [1.54, 1.807) is 24.3 Å². The molecule has 0 atom stereocenters. The van der Waals surface area contributed by atoms with Crippen molar-refractivity contribution in [3.8, 4) is 0 Å². The third-order valence-electron chi connectivity index (χ3n) is 3.07. The lowest BCUT2D eigenvalue weighted by Crippen LogP contribution is -2.32. The first kappa shape index (κ1) is 14.5. The van der Waals surface area contributed by atoms with Gasteiger partial charge in [-0.2, -0.15) is 0 Å². The van der Waals surface area contributed by atoms with E-state index in [-0.39, 0.29) is 16.9 Å². The highest BCUT2D eigenvalue weighted by Gasteiger charge is 2.19. The molecule has 1 saturated heterocycles. The molecule has 5 nitrogen and oxygen atoms in total. The van der Waals surface area contributed by atoms with Crippen molar-refractivity contribution in [1.82, 2.24) is 10.2 Å². The van der Waals surface area contributed by atoms with Crippen LogP contribution in [0.5, 0.6) is 0 Å². The normalized spacial score (nSPS) is 13.9. The van der Waals surface area contributed by atoms with E-state index in [2.05, 4.69) is 10.6 Å². The molecule has 106 valence electrons. The summed E-state index contributed by atoms with van der Waals surface area (Å²) in [6, 6.07) is 7.08. The van der Waals surface area contributed by atoms with Gasteiger partial charge in [0.25, 0.3) is 5.91 Å². The second kappa shape index (κ2) is 6.47. The average molecular weight is 291 g/mol. The van der Waals surface area contributed by atoms with E-state index >= 15 is 0 Å². The van der Waals surface area contributed by atoms with Crippen LogP contribution in [0.15, 0.2) is 24.3 Å². The highest BCUT2D eigenvalue weighted by molar-refractivity contribution is 7.80. The van der Waals surface area contributed by atoms with E-state index in [4.69, 9.17) is 12.2 Å². The van der Waals surface area contributed by atoms with Crippen LogP contribution in [0.3, 0.4) is 0 Å². The third-order valence-corrected chi connectivity index (χ3v) is 3.28. The molecular weight excluding hydrogens is 274 g/mol. The molecule has 1 aliphatic heterocycles. The summed E-state index contributed by atoms with van der Waals surface area (Å²) in [6.07, 6.45) is 2.16. The summed E-state index contributed by atoms with van der Waals surface area (Å²) in [5, 5.41) is 5.61. The van der Waals surface area contributed by atoms with Crippen LogP contribution in [0.4, 0.5) is 5.69 Å². The second-order valence-electron chi connectivity index (χ2n) is 4.71. The summed E-state index contributed by atoms with van der Waals surface area (Å²) in [5.41, 5.74) is 1.41. The molecular formula is C14H17N3O2S. The van der Waals surface area contributed by atoms with Gasteiger partial charge in [-0.15, -0.1) is 0 Å².